The summed E-state index contributed by atoms with van der Waals surface area (Å²) in [5, 5.41) is 7.55. The van der Waals surface area contributed by atoms with Crippen molar-refractivity contribution in [1.29, 1.82) is 0 Å². The minimum Gasteiger partial charge on any atom is -0.488 e. The first-order valence-electron chi connectivity index (χ1n) is 10.0. The fraction of sp³-hybridized carbons (Fsp3) is 0.409. The molecule has 2 N–H and O–H groups in total. The molecule has 0 radical (unpaired) electrons. The Kier molecular flexibility index (Phi) is 5.66. The number of carbonyl (C=O) groups is 2. The number of ether oxygens (including phenoxy) is 2. The standard InChI is InChI=1S/C22H24ClN3O4/c1-3-13-11-22(13,21(28)29-4-2)26-20(27)18-10-15(12-25-18)30-19-7-8-24-17-9-14(23)5-6-16(17)19/h3,5-9,13,15,18,25H,1,4,10-12H2,2H3,(H,26,27)/t13-,15-,18+,22-/m1/s1. The Labute approximate surface area is 179 Å². The molecule has 0 bridgehead atoms. The third-order valence-corrected chi connectivity index (χ3v) is 5.89. The summed E-state index contributed by atoms with van der Waals surface area (Å²) in [6.45, 7) is 6.28. The summed E-state index contributed by atoms with van der Waals surface area (Å²) in [5.74, 6) is -0.0498. The molecule has 2 heterocycles. The predicted molar refractivity (Wildman–Crippen MR) is 113 cm³/mol. The molecule has 8 heteroatoms. The Morgan fingerprint density at radius 3 is 3.00 bits per heavy atom. The zero-order valence-corrected chi connectivity index (χ0v) is 17.4. The van der Waals surface area contributed by atoms with Crippen LogP contribution in [0.4, 0.5) is 0 Å². The van der Waals surface area contributed by atoms with Gasteiger partial charge in [-0.15, -0.1) is 6.58 Å². The third kappa shape index (κ3) is 3.87. The number of carbonyl (C=O) groups excluding carboxylic acids is 2. The summed E-state index contributed by atoms with van der Waals surface area (Å²) in [7, 11) is 0. The molecule has 1 saturated heterocycles. The number of halogens is 1. The molecule has 0 spiro atoms. The molecule has 1 amide bonds. The number of amides is 1. The van der Waals surface area contributed by atoms with Crippen LogP contribution in [0.2, 0.25) is 5.02 Å². The van der Waals surface area contributed by atoms with Gasteiger partial charge in [0, 0.05) is 35.5 Å². The number of hydrogen-bond donors (Lipinski definition) is 2. The maximum atomic E-state index is 12.8. The van der Waals surface area contributed by atoms with Crippen LogP contribution in [-0.4, -0.2) is 47.7 Å². The van der Waals surface area contributed by atoms with E-state index >= 15 is 0 Å². The number of nitrogens with one attached hydrogen (secondary N) is 2. The van der Waals surface area contributed by atoms with E-state index in [1.807, 2.05) is 6.07 Å². The van der Waals surface area contributed by atoms with Crippen molar-refractivity contribution in [3.63, 3.8) is 0 Å². The smallest absolute Gasteiger partial charge is 0.332 e. The third-order valence-electron chi connectivity index (χ3n) is 5.65. The molecule has 4 atom stereocenters. The monoisotopic (exact) mass is 429 g/mol. The minimum absolute atomic E-state index is 0.107. The van der Waals surface area contributed by atoms with Crippen LogP contribution >= 0.6 is 11.6 Å². The highest BCUT2D eigenvalue weighted by Gasteiger charge is 2.61. The van der Waals surface area contributed by atoms with Crippen molar-refractivity contribution < 1.29 is 19.1 Å². The van der Waals surface area contributed by atoms with Gasteiger partial charge in [0.1, 0.15) is 17.4 Å². The van der Waals surface area contributed by atoms with Crippen molar-refractivity contribution in [1.82, 2.24) is 15.6 Å². The number of hydrogen-bond acceptors (Lipinski definition) is 6. The molecule has 30 heavy (non-hydrogen) atoms. The van der Waals surface area contributed by atoms with Gasteiger partial charge < -0.3 is 20.1 Å². The maximum absolute atomic E-state index is 12.8. The molecular formula is C22H24ClN3O4. The lowest BCUT2D eigenvalue weighted by Crippen LogP contribution is -2.51. The van der Waals surface area contributed by atoms with Crippen molar-refractivity contribution >= 4 is 34.4 Å². The second-order valence-corrected chi connectivity index (χ2v) is 8.07. The summed E-state index contributed by atoms with van der Waals surface area (Å²) < 4.78 is 11.3. The minimum atomic E-state index is -0.990. The Morgan fingerprint density at radius 2 is 2.27 bits per heavy atom. The van der Waals surface area contributed by atoms with E-state index in [0.717, 1.165) is 10.9 Å². The molecule has 1 aliphatic heterocycles. The number of fused-ring (bicyclic) bond motifs is 1. The van der Waals surface area contributed by atoms with E-state index in [4.69, 9.17) is 21.1 Å². The zero-order valence-electron chi connectivity index (χ0n) is 16.7. The average Bonchev–Trinajstić information content (AvgIpc) is 3.24. The zero-order chi connectivity index (χ0) is 21.3. The predicted octanol–water partition coefficient (Wildman–Crippen LogP) is 2.62. The van der Waals surface area contributed by atoms with Gasteiger partial charge in [-0.2, -0.15) is 0 Å². The topological polar surface area (TPSA) is 89.5 Å². The van der Waals surface area contributed by atoms with Crippen LogP contribution in [0.1, 0.15) is 19.8 Å². The van der Waals surface area contributed by atoms with E-state index < -0.39 is 17.6 Å². The van der Waals surface area contributed by atoms with Crippen molar-refractivity contribution in [2.45, 2.75) is 37.5 Å². The van der Waals surface area contributed by atoms with Crippen molar-refractivity contribution in [2.75, 3.05) is 13.2 Å². The van der Waals surface area contributed by atoms with Gasteiger partial charge in [0.2, 0.25) is 5.91 Å². The van der Waals surface area contributed by atoms with Crippen LogP contribution in [0.15, 0.2) is 43.1 Å². The van der Waals surface area contributed by atoms with Gasteiger partial charge in [-0.3, -0.25) is 9.78 Å². The first-order chi connectivity index (χ1) is 14.5. The summed E-state index contributed by atoms with van der Waals surface area (Å²) in [6.07, 6.45) is 4.17. The molecule has 1 aliphatic carbocycles. The van der Waals surface area contributed by atoms with Crippen LogP contribution in [0.5, 0.6) is 5.75 Å². The highest BCUT2D eigenvalue weighted by Crippen LogP contribution is 2.45. The summed E-state index contributed by atoms with van der Waals surface area (Å²) in [6, 6.07) is 6.81. The second kappa shape index (κ2) is 8.24. The van der Waals surface area contributed by atoms with Gasteiger partial charge in [0.25, 0.3) is 0 Å². The molecular weight excluding hydrogens is 406 g/mol. The van der Waals surface area contributed by atoms with Crippen LogP contribution in [0, 0.1) is 5.92 Å². The van der Waals surface area contributed by atoms with E-state index in [9.17, 15) is 9.59 Å². The molecule has 158 valence electrons. The number of esters is 1. The first kappa shape index (κ1) is 20.6. The van der Waals surface area contributed by atoms with E-state index in [-0.39, 0.29) is 24.5 Å². The highest BCUT2D eigenvalue weighted by molar-refractivity contribution is 6.31. The van der Waals surface area contributed by atoms with E-state index in [2.05, 4.69) is 22.2 Å². The van der Waals surface area contributed by atoms with E-state index in [1.54, 1.807) is 37.4 Å². The Balaban J connectivity index is 1.41. The van der Waals surface area contributed by atoms with E-state index in [1.165, 1.54) is 0 Å². The molecule has 0 unspecified atom stereocenters. The van der Waals surface area contributed by atoms with Gasteiger partial charge in [0.05, 0.1) is 18.2 Å². The van der Waals surface area contributed by atoms with Gasteiger partial charge in [-0.05, 0) is 37.6 Å². The number of rotatable bonds is 7. The number of nitrogens with zero attached hydrogens (tertiary/aromatic N) is 1. The Hall–Kier alpha value is -2.64. The van der Waals surface area contributed by atoms with Crippen LogP contribution in [0.3, 0.4) is 0 Å². The molecule has 7 nitrogen and oxygen atoms in total. The summed E-state index contributed by atoms with van der Waals surface area (Å²) in [4.78, 5) is 29.5. The molecule has 1 aromatic heterocycles. The van der Waals surface area contributed by atoms with Gasteiger partial charge in [-0.1, -0.05) is 17.7 Å². The first-order valence-corrected chi connectivity index (χ1v) is 10.4. The second-order valence-electron chi connectivity index (χ2n) is 7.63. The summed E-state index contributed by atoms with van der Waals surface area (Å²) in [5.41, 5.74) is -0.239. The lowest BCUT2D eigenvalue weighted by atomic mass is 10.1. The summed E-state index contributed by atoms with van der Waals surface area (Å²) >= 11 is 6.04. The number of benzene rings is 1. The highest BCUT2D eigenvalue weighted by atomic mass is 35.5. The van der Waals surface area contributed by atoms with Crippen LogP contribution in [-0.2, 0) is 14.3 Å². The molecule has 1 aromatic carbocycles. The quantitative estimate of drug-likeness (QED) is 0.519. The Morgan fingerprint density at radius 1 is 1.43 bits per heavy atom. The van der Waals surface area contributed by atoms with E-state index in [0.29, 0.717) is 30.2 Å². The lowest BCUT2D eigenvalue weighted by Gasteiger charge is -2.20. The largest absolute Gasteiger partial charge is 0.488 e. The number of aromatic nitrogens is 1. The van der Waals surface area contributed by atoms with Gasteiger partial charge in [0.15, 0.2) is 0 Å². The normalized spacial score (nSPS) is 27.5. The molecule has 4 rings (SSSR count). The molecule has 1 saturated carbocycles. The molecule has 2 aliphatic rings. The van der Waals surface area contributed by atoms with Gasteiger partial charge in [-0.25, -0.2) is 4.79 Å². The molecule has 2 aromatic rings. The Bertz CT molecular complexity index is 998. The number of pyridine rings is 1. The average molecular weight is 430 g/mol. The fourth-order valence-electron chi connectivity index (χ4n) is 3.94. The SMILES string of the molecule is C=C[C@@H]1C[C@]1(NC(=O)[C@@H]1C[C@@H](Oc2ccnc3cc(Cl)ccc23)CN1)C(=O)OCC. The van der Waals surface area contributed by atoms with Crippen molar-refractivity contribution in [3.05, 3.63) is 48.1 Å². The van der Waals surface area contributed by atoms with Crippen LogP contribution in [0.25, 0.3) is 10.9 Å². The fourth-order valence-corrected chi connectivity index (χ4v) is 4.11. The van der Waals surface area contributed by atoms with Crippen LogP contribution < -0.4 is 15.4 Å². The van der Waals surface area contributed by atoms with Crippen molar-refractivity contribution in [3.8, 4) is 5.75 Å². The van der Waals surface area contributed by atoms with Crippen molar-refractivity contribution in [2.24, 2.45) is 5.92 Å². The molecule has 2 fully saturated rings. The van der Waals surface area contributed by atoms with Gasteiger partial charge >= 0.3 is 5.97 Å². The lowest BCUT2D eigenvalue weighted by molar-refractivity contribution is -0.149. The maximum Gasteiger partial charge on any atom is 0.332 e.